The Kier molecular flexibility index (Phi) is 5.27. The minimum atomic E-state index is -2.75. The Balaban J connectivity index is 0.000000299. The first-order valence-corrected chi connectivity index (χ1v) is 9.95. The summed E-state index contributed by atoms with van der Waals surface area (Å²) in [6.07, 6.45) is 1.63. The highest BCUT2D eigenvalue weighted by molar-refractivity contribution is 9.10. The molecule has 148 valence electrons. The number of nitrogens with zero attached hydrogens (tertiary/aromatic N) is 2. The topological polar surface area (TPSA) is 59.4 Å². The van der Waals surface area contributed by atoms with E-state index in [1.165, 1.54) is 22.6 Å². The number of halogens is 4. The van der Waals surface area contributed by atoms with E-state index >= 15 is 0 Å². The molecular weight excluding hydrogens is 446 g/mol. The number of hydrogen-bond acceptors (Lipinski definition) is 3. The van der Waals surface area contributed by atoms with E-state index < -0.39 is 23.1 Å². The van der Waals surface area contributed by atoms with Gasteiger partial charge < -0.3 is 4.90 Å². The summed E-state index contributed by atoms with van der Waals surface area (Å²) in [5, 5.41) is 0.146. The first kappa shape index (κ1) is 20.5. The van der Waals surface area contributed by atoms with Crippen molar-refractivity contribution < 1.29 is 18.4 Å². The highest BCUT2D eigenvalue weighted by Crippen LogP contribution is 2.47. The number of carbonyl (C=O) groups is 2. The zero-order valence-corrected chi connectivity index (χ0v) is 17.4. The fourth-order valence-electron chi connectivity index (χ4n) is 3.71. The van der Waals surface area contributed by atoms with Crippen LogP contribution in [-0.4, -0.2) is 34.1 Å². The van der Waals surface area contributed by atoms with E-state index in [0.717, 1.165) is 12.8 Å². The van der Waals surface area contributed by atoms with Crippen molar-refractivity contribution >= 4 is 39.2 Å². The molecule has 0 atom stereocenters. The maximum Gasteiger partial charge on any atom is 0.273 e. The highest BCUT2D eigenvalue weighted by Gasteiger charge is 2.54. The van der Waals surface area contributed by atoms with Crippen molar-refractivity contribution in [2.24, 2.45) is 5.92 Å². The van der Waals surface area contributed by atoms with Gasteiger partial charge in [-0.25, -0.2) is 8.78 Å². The van der Waals surface area contributed by atoms with Crippen LogP contribution in [0, 0.1) is 5.92 Å². The molecule has 1 amide bonds. The average molecular weight is 466 g/mol. The zero-order chi connectivity index (χ0) is 20.1. The fraction of sp³-hybridized carbons (Fsp3) is 0.611. The Bertz CT molecular complexity index is 857. The van der Waals surface area contributed by atoms with E-state index in [2.05, 4.69) is 15.9 Å². The third kappa shape index (κ3) is 3.58. The summed E-state index contributed by atoms with van der Waals surface area (Å²) in [6, 6.07) is 1.37. The van der Waals surface area contributed by atoms with Gasteiger partial charge in [0.15, 0.2) is 0 Å². The van der Waals surface area contributed by atoms with Crippen LogP contribution in [0.2, 0.25) is 5.02 Å². The largest absolute Gasteiger partial charge is 0.317 e. The van der Waals surface area contributed by atoms with Gasteiger partial charge >= 0.3 is 0 Å². The maximum atomic E-state index is 13.5. The Morgan fingerprint density at radius 1 is 1.22 bits per heavy atom. The highest BCUT2D eigenvalue weighted by atomic mass is 79.9. The lowest BCUT2D eigenvalue weighted by Crippen LogP contribution is -2.52. The van der Waals surface area contributed by atoms with Crippen molar-refractivity contribution in [3.8, 4) is 0 Å². The number of ketones is 1. The van der Waals surface area contributed by atoms with E-state index in [4.69, 9.17) is 11.6 Å². The summed E-state index contributed by atoms with van der Waals surface area (Å²) in [6.45, 7) is 1.66. The second-order valence-electron chi connectivity index (χ2n) is 7.42. The maximum absolute atomic E-state index is 13.5. The third-order valence-electron chi connectivity index (χ3n) is 5.59. The Morgan fingerprint density at radius 2 is 1.78 bits per heavy atom. The number of amides is 1. The van der Waals surface area contributed by atoms with Crippen molar-refractivity contribution in [2.75, 3.05) is 7.05 Å². The van der Waals surface area contributed by atoms with Crippen molar-refractivity contribution in [3.63, 3.8) is 0 Å². The van der Waals surface area contributed by atoms with Crippen LogP contribution >= 0.6 is 27.5 Å². The van der Waals surface area contributed by atoms with Crippen molar-refractivity contribution in [2.45, 2.75) is 57.0 Å². The van der Waals surface area contributed by atoms with E-state index in [9.17, 15) is 23.2 Å². The molecule has 1 spiro atoms. The molecule has 5 nitrogen and oxygen atoms in total. The van der Waals surface area contributed by atoms with Gasteiger partial charge in [0.2, 0.25) is 5.92 Å². The lowest BCUT2D eigenvalue weighted by atomic mass is 9.85. The molecule has 2 fully saturated rings. The summed E-state index contributed by atoms with van der Waals surface area (Å²) in [4.78, 5) is 36.4. The number of Topliss-reactive ketones (excluding diaryl/α,β-unsaturated/α-hetero) is 1. The fourth-order valence-corrected chi connectivity index (χ4v) is 4.53. The monoisotopic (exact) mass is 464 g/mol. The van der Waals surface area contributed by atoms with Crippen molar-refractivity contribution in [1.29, 1.82) is 0 Å². The molecule has 0 bridgehead atoms. The number of rotatable bonds is 1. The van der Waals surface area contributed by atoms with Gasteiger partial charge in [-0.1, -0.05) is 11.6 Å². The summed E-state index contributed by atoms with van der Waals surface area (Å²) >= 11 is 9.20. The summed E-state index contributed by atoms with van der Waals surface area (Å²) in [7, 11) is 1.53. The molecule has 0 aromatic carbocycles. The zero-order valence-electron chi connectivity index (χ0n) is 15.0. The molecule has 0 unspecified atom stereocenters. The molecule has 1 aliphatic heterocycles. The van der Waals surface area contributed by atoms with Gasteiger partial charge in [-0.05, 0) is 54.6 Å². The lowest BCUT2D eigenvalue weighted by Gasteiger charge is -2.42. The summed E-state index contributed by atoms with van der Waals surface area (Å²) in [5.74, 6) is -2.33. The van der Waals surface area contributed by atoms with Crippen molar-refractivity contribution in [1.82, 2.24) is 9.47 Å². The van der Waals surface area contributed by atoms with Gasteiger partial charge in [0.05, 0.1) is 9.50 Å². The molecule has 1 aromatic rings. The molecule has 27 heavy (non-hydrogen) atoms. The second-order valence-corrected chi connectivity index (χ2v) is 8.68. The number of pyridine rings is 1. The molecule has 2 heterocycles. The first-order valence-electron chi connectivity index (χ1n) is 8.78. The van der Waals surface area contributed by atoms with Gasteiger partial charge in [0.1, 0.15) is 17.1 Å². The van der Waals surface area contributed by atoms with Crippen LogP contribution in [0.3, 0.4) is 0 Å². The van der Waals surface area contributed by atoms with Crippen LogP contribution in [0.15, 0.2) is 15.3 Å². The molecule has 0 radical (unpaired) electrons. The van der Waals surface area contributed by atoms with E-state index in [-0.39, 0.29) is 40.9 Å². The quantitative estimate of drug-likeness (QED) is 0.625. The van der Waals surface area contributed by atoms with Crippen LogP contribution < -0.4 is 5.56 Å². The van der Waals surface area contributed by atoms with Crippen LogP contribution in [0.1, 0.15) is 55.9 Å². The van der Waals surface area contributed by atoms with E-state index in [0.29, 0.717) is 11.7 Å². The molecule has 0 N–H and O–H groups in total. The Labute approximate surface area is 168 Å². The van der Waals surface area contributed by atoms with Gasteiger partial charge in [-0.15, -0.1) is 0 Å². The summed E-state index contributed by atoms with van der Waals surface area (Å²) < 4.78 is 28.5. The Morgan fingerprint density at radius 3 is 2.22 bits per heavy atom. The molecule has 0 saturated heterocycles. The molecule has 2 aliphatic carbocycles. The molecule has 2 saturated carbocycles. The molecule has 9 heteroatoms. The minimum absolute atomic E-state index is 0.0297. The molecule has 1 aromatic heterocycles. The SMILES string of the molecule is CC(=O)C1CC1.CN1C(=O)c2c(Cl)cc(Br)c(=O)n2C12CCC(F)(F)CC2. The van der Waals surface area contributed by atoms with Crippen LogP contribution in [0.5, 0.6) is 0 Å². The lowest BCUT2D eigenvalue weighted by molar-refractivity contribution is -0.118. The number of aromatic nitrogens is 1. The number of fused-ring (bicyclic) bond motifs is 2. The Hall–Kier alpha value is -1.28. The van der Waals surface area contributed by atoms with E-state index in [1.54, 1.807) is 6.92 Å². The van der Waals surface area contributed by atoms with Crippen LogP contribution in [0.4, 0.5) is 8.78 Å². The predicted octanol–water partition coefficient (Wildman–Crippen LogP) is 4.20. The number of alkyl halides is 2. The normalized spacial score (nSPS) is 22.3. The van der Waals surface area contributed by atoms with Gasteiger partial charge in [0.25, 0.3) is 11.5 Å². The molecular formula is C18H20BrClF2N2O3. The first-order chi connectivity index (χ1) is 12.5. The number of hydrogen-bond donors (Lipinski definition) is 0. The third-order valence-corrected chi connectivity index (χ3v) is 6.45. The van der Waals surface area contributed by atoms with E-state index in [1.807, 2.05) is 0 Å². The molecule has 3 aliphatic rings. The predicted molar refractivity (Wildman–Crippen MR) is 100 cm³/mol. The van der Waals surface area contributed by atoms with Gasteiger partial charge in [0, 0.05) is 25.8 Å². The average Bonchev–Trinajstić information content (AvgIpc) is 3.40. The minimum Gasteiger partial charge on any atom is -0.317 e. The summed E-state index contributed by atoms with van der Waals surface area (Å²) in [5.41, 5.74) is -1.38. The second kappa shape index (κ2) is 6.95. The van der Waals surface area contributed by atoms with Crippen molar-refractivity contribution in [3.05, 3.63) is 31.6 Å². The van der Waals surface area contributed by atoms with Crippen LogP contribution in [0.25, 0.3) is 0 Å². The molecule has 4 rings (SSSR count). The standard InChI is InChI=1S/C13H12BrClF2N2O2.C5H8O/c1-18-11(21)9-8(15)6-7(14)10(20)19(9)13(18)4-2-12(16,17)3-5-13;1-4(6)5-2-3-5/h6H,2-5H2,1H3;5H,2-3H2,1H3. The van der Waals surface area contributed by atoms with Crippen LogP contribution in [-0.2, 0) is 10.5 Å². The van der Waals surface area contributed by atoms with Gasteiger partial charge in [-0.2, -0.15) is 0 Å². The van der Waals surface area contributed by atoms with Gasteiger partial charge in [-0.3, -0.25) is 19.0 Å². The number of carbonyl (C=O) groups excluding carboxylic acids is 2. The smallest absolute Gasteiger partial charge is 0.273 e.